The molecule has 3 aromatic rings. The molecule has 3 aliphatic rings. The fraction of sp³-hybridized carbons (Fsp3) is 0.489. The van der Waals surface area contributed by atoms with Gasteiger partial charge in [0.15, 0.2) is 0 Å². The Morgan fingerprint density at radius 3 is 0.596 bits per heavy atom. The highest BCUT2D eigenvalue weighted by molar-refractivity contribution is 5.60. The van der Waals surface area contributed by atoms with Crippen molar-refractivity contribution in [2.45, 2.75) is 158 Å². The van der Waals surface area contributed by atoms with Crippen LogP contribution in [-0.4, -0.2) is 0 Å². The van der Waals surface area contributed by atoms with E-state index in [-0.39, 0.29) is 0 Å². The Kier molecular flexibility index (Phi) is 73.7. The lowest BCUT2D eigenvalue weighted by Gasteiger charge is -1.93. The molecule has 6 rings (SSSR count). The largest absolute Gasteiger partial charge is 0.0795 e. The summed E-state index contributed by atoms with van der Waals surface area (Å²) in [6.45, 7) is 40.0. The standard InChI is InChI=1S/3C9H8.10C2H6/c3*1-2-5-9-7-3-6-8(9)4-1;10*1-2/h3*1-6H,7H2;10*1-2H3. The summed E-state index contributed by atoms with van der Waals surface area (Å²) < 4.78 is 0. The van der Waals surface area contributed by atoms with Crippen LogP contribution in [0.25, 0.3) is 18.2 Å². The number of fused-ring (bicyclic) bond motifs is 3. The number of rotatable bonds is 0. The van der Waals surface area contributed by atoms with E-state index in [2.05, 4.69) is 109 Å². The predicted molar refractivity (Wildman–Crippen MR) is 231 cm³/mol. The van der Waals surface area contributed by atoms with Crippen molar-refractivity contribution in [3.05, 3.63) is 124 Å². The lowest BCUT2D eigenvalue weighted by Crippen LogP contribution is -1.76. The Morgan fingerprint density at radius 1 is 0.255 bits per heavy atom. The van der Waals surface area contributed by atoms with Gasteiger partial charge in [-0.05, 0) is 52.6 Å². The van der Waals surface area contributed by atoms with Crippen LogP contribution in [0.5, 0.6) is 0 Å². The van der Waals surface area contributed by atoms with Gasteiger partial charge in [-0.3, -0.25) is 0 Å². The number of hydrogen-bond donors (Lipinski definition) is 0. The van der Waals surface area contributed by atoms with E-state index in [4.69, 9.17) is 0 Å². The first-order valence-electron chi connectivity index (χ1n) is 19.6. The normalized spacial score (nSPS) is 9.19. The molecule has 0 aromatic heterocycles. The zero-order valence-corrected chi connectivity index (χ0v) is 35.5. The van der Waals surface area contributed by atoms with Crippen molar-refractivity contribution in [2.24, 2.45) is 0 Å². The van der Waals surface area contributed by atoms with Crippen molar-refractivity contribution in [2.75, 3.05) is 0 Å². The summed E-state index contributed by atoms with van der Waals surface area (Å²) in [4.78, 5) is 0. The molecule has 0 bridgehead atoms. The van der Waals surface area contributed by atoms with Crippen LogP contribution < -0.4 is 0 Å². The van der Waals surface area contributed by atoms with Gasteiger partial charge in [-0.2, -0.15) is 0 Å². The van der Waals surface area contributed by atoms with Crippen molar-refractivity contribution >= 4 is 18.2 Å². The topological polar surface area (TPSA) is 0 Å². The fourth-order valence-corrected chi connectivity index (χ4v) is 3.59. The zero-order chi connectivity index (χ0) is 38.3. The van der Waals surface area contributed by atoms with Crippen LogP contribution in [-0.2, 0) is 19.3 Å². The Balaban J connectivity index is -0.0000000809. The third kappa shape index (κ3) is 31.3. The molecule has 0 heteroatoms. The summed E-state index contributed by atoms with van der Waals surface area (Å²) in [6, 6.07) is 25.5. The maximum atomic E-state index is 2.20. The van der Waals surface area contributed by atoms with Gasteiger partial charge in [0.05, 0.1) is 0 Å². The van der Waals surface area contributed by atoms with Crippen molar-refractivity contribution in [3.63, 3.8) is 0 Å². The first-order valence-corrected chi connectivity index (χ1v) is 19.6. The number of allylic oxidation sites excluding steroid dienone is 3. The smallest absolute Gasteiger partial charge is 0.00882 e. The maximum Gasteiger partial charge on any atom is -0.00882 e. The highest BCUT2D eigenvalue weighted by Gasteiger charge is 2.01. The van der Waals surface area contributed by atoms with Crippen LogP contribution in [0.2, 0.25) is 0 Å². The molecule has 0 heterocycles. The Labute approximate surface area is 299 Å². The monoisotopic (exact) mass is 649 g/mol. The fourth-order valence-electron chi connectivity index (χ4n) is 3.59. The molecule has 3 aromatic carbocycles. The van der Waals surface area contributed by atoms with Gasteiger partial charge in [0, 0.05) is 0 Å². The molecule has 0 atom stereocenters. The summed E-state index contributed by atoms with van der Waals surface area (Å²) in [5.41, 5.74) is 8.53. The highest BCUT2D eigenvalue weighted by Crippen LogP contribution is 2.19. The van der Waals surface area contributed by atoms with Gasteiger partial charge in [-0.1, -0.05) is 248 Å². The zero-order valence-electron chi connectivity index (χ0n) is 35.5. The van der Waals surface area contributed by atoms with Crippen LogP contribution in [0.4, 0.5) is 0 Å². The van der Waals surface area contributed by atoms with Crippen molar-refractivity contribution in [1.82, 2.24) is 0 Å². The van der Waals surface area contributed by atoms with Gasteiger partial charge in [-0.15, -0.1) is 0 Å². The summed E-state index contributed by atoms with van der Waals surface area (Å²) in [7, 11) is 0. The van der Waals surface area contributed by atoms with Gasteiger partial charge in [0.25, 0.3) is 0 Å². The van der Waals surface area contributed by atoms with E-state index in [1.165, 1.54) is 33.4 Å². The van der Waals surface area contributed by atoms with Crippen LogP contribution in [0.1, 0.15) is 172 Å². The Morgan fingerprint density at radius 2 is 0.426 bits per heavy atom. The van der Waals surface area contributed by atoms with Crippen LogP contribution in [0, 0.1) is 0 Å². The van der Waals surface area contributed by atoms with Gasteiger partial charge < -0.3 is 0 Å². The second-order valence-corrected chi connectivity index (χ2v) is 6.92. The number of hydrogen-bond acceptors (Lipinski definition) is 0. The molecule has 0 aliphatic heterocycles. The Bertz CT molecular complexity index is 870. The average molecular weight is 649 g/mol. The van der Waals surface area contributed by atoms with E-state index >= 15 is 0 Å². The summed E-state index contributed by atoms with van der Waals surface area (Å²) in [5, 5.41) is 0. The molecular formula is C47H84. The van der Waals surface area contributed by atoms with Crippen LogP contribution >= 0.6 is 0 Å². The predicted octanol–water partition coefficient (Wildman–Crippen LogP) is 17.0. The minimum atomic E-state index is 1.12. The Hall–Kier alpha value is -3.12. The summed E-state index contributed by atoms with van der Waals surface area (Å²) in [6.07, 6.45) is 16.5. The molecule has 0 unspecified atom stereocenters. The third-order valence-electron chi connectivity index (χ3n) is 5.07. The highest BCUT2D eigenvalue weighted by atomic mass is 14.1. The van der Waals surface area contributed by atoms with E-state index in [1.54, 1.807) is 0 Å². The van der Waals surface area contributed by atoms with Gasteiger partial charge in [0.1, 0.15) is 0 Å². The molecule has 0 saturated carbocycles. The van der Waals surface area contributed by atoms with Gasteiger partial charge in [0.2, 0.25) is 0 Å². The molecule has 47 heavy (non-hydrogen) atoms. The van der Waals surface area contributed by atoms with Crippen LogP contribution in [0.15, 0.2) is 91.0 Å². The molecule has 3 aliphatic carbocycles. The van der Waals surface area contributed by atoms with Gasteiger partial charge in [-0.25, -0.2) is 0 Å². The van der Waals surface area contributed by atoms with E-state index < -0.39 is 0 Å². The first kappa shape index (κ1) is 59.3. The van der Waals surface area contributed by atoms with Crippen molar-refractivity contribution in [3.8, 4) is 0 Å². The van der Waals surface area contributed by atoms with E-state index in [9.17, 15) is 0 Å². The molecular weight excluding hydrogens is 565 g/mol. The number of benzene rings is 3. The second kappa shape index (κ2) is 58.4. The van der Waals surface area contributed by atoms with Crippen molar-refractivity contribution < 1.29 is 0 Å². The minimum Gasteiger partial charge on any atom is -0.0795 e. The molecule has 0 fully saturated rings. The molecule has 0 radical (unpaired) electrons. The van der Waals surface area contributed by atoms with Gasteiger partial charge >= 0.3 is 0 Å². The minimum absolute atomic E-state index is 1.12. The maximum absolute atomic E-state index is 2.20. The quantitative estimate of drug-likeness (QED) is 0.227. The SMILES string of the molecule is C1=Cc2ccccc2C1.C1=Cc2ccccc2C1.C1=Cc2ccccc2C1.CC.CC.CC.CC.CC.CC.CC.CC.CC.CC. The molecule has 0 saturated heterocycles. The summed E-state index contributed by atoms with van der Waals surface area (Å²) >= 11 is 0. The second-order valence-electron chi connectivity index (χ2n) is 6.92. The lowest BCUT2D eigenvalue weighted by atomic mass is 10.1. The van der Waals surface area contributed by atoms with E-state index in [0.717, 1.165) is 19.3 Å². The summed E-state index contributed by atoms with van der Waals surface area (Å²) in [5.74, 6) is 0. The van der Waals surface area contributed by atoms with E-state index in [0.29, 0.717) is 0 Å². The molecule has 0 nitrogen and oxygen atoms in total. The third-order valence-corrected chi connectivity index (χ3v) is 5.07. The molecule has 0 N–H and O–H groups in total. The molecule has 0 spiro atoms. The molecule has 272 valence electrons. The first-order chi connectivity index (χ1) is 23.4. The lowest BCUT2D eigenvalue weighted by molar-refractivity contribution is 1.31. The van der Waals surface area contributed by atoms with Crippen molar-refractivity contribution in [1.29, 1.82) is 0 Å². The molecule has 0 amide bonds. The van der Waals surface area contributed by atoms with Crippen LogP contribution in [0.3, 0.4) is 0 Å². The van der Waals surface area contributed by atoms with E-state index in [1.807, 2.05) is 138 Å². The average Bonchev–Trinajstić information content (AvgIpc) is 4.02.